The lowest BCUT2D eigenvalue weighted by atomic mass is 10.1. The molecule has 1 aliphatic rings. The van der Waals surface area contributed by atoms with Crippen LogP contribution in [0.4, 0.5) is 4.79 Å². The van der Waals surface area contributed by atoms with Crippen LogP contribution in [0.5, 0.6) is 0 Å². The van der Waals surface area contributed by atoms with Gasteiger partial charge in [0.05, 0.1) is 5.54 Å². The third-order valence-electron chi connectivity index (χ3n) is 3.61. The first kappa shape index (κ1) is 17.0. The highest BCUT2D eigenvalue weighted by Gasteiger charge is 2.34. The Morgan fingerprint density at radius 3 is 2.59 bits per heavy atom. The van der Waals surface area contributed by atoms with Gasteiger partial charge in [-0.15, -0.1) is 0 Å². The molecule has 1 amide bonds. The van der Waals surface area contributed by atoms with Crippen LogP contribution in [-0.4, -0.2) is 39.7 Å². The molecule has 1 aromatic heterocycles. The van der Waals surface area contributed by atoms with Gasteiger partial charge in [-0.1, -0.05) is 11.6 Å². The Labute approximate surface area is 137 Å². The number of carbonyl (C=O) groups excluding carboxylic acids is 1. The molecule has 6 heteroatoms. The van der Waals surface area contributed by atoms with Gasteiger partial charge in [0.25, 0.3) is 0 Å². The molecule has 2 heterocycles. The van der Waals surface area contributed by atoms with E-state index in [0.717, 1.165) is 37.1 Å². The topological polar surface area (TPSA) is 45.7 Å². The van der Waals surface area contributed by atoms with Gasteiger partial charge in [-0.25, -0.2) is 19.8 Å². The van der Waals surface area contributed by atoms with Gasteiger partial charge in [-0.3, -0.25) is 0 Å². The van der Waals surface area contributed by atoms with E-state index in [-0.39, 0.29) is 18.2 Å². The van der Waals surface area contributed by atoms with Crippen LogP contribution in [0.25, 0.3) is 0 Å². The van der Waals surface area contributed by atoms with E-state index >= 15 is 0 Å². The van der Waals surface area contributed by atoms with Crippen molar-refractivity contribution in [2.75, 3.05) is 13.1 Å². The monoisotopic (exact) mass is 325 g/mol. The summed E-state index contributed by atoms with van der Waals surface area (Å²) in [4.78, 5) is 16.6. The third-order valence-corrected chi connectivity index (χ3v) is 4.00. The molecule has 2 rings (SSSR count). The molecule has 0 N–H and O–H groups in total. The molecule has 0 radical (unpaired) electrons. The van der Waals surface area contributed by atoms with E-state index in [9.17, 15) is 4.79 Å². The van der Waals surface area contributed by atoms with Gasteiger partial charge < -0.3 is 4.74 Å². The fourth-order valence-electron chi connectivity index (χ4n) is 2.62. The van der Waals surface area contributed by atoms with Crippen LogP contribution in [0.15, 0.2) is 12.3 Å². The number of hydrogen-bond acceptors (Lipinski definition) is 4. The quantitative estimate of drug-likeness (QED) is 0.793. The van der Waals surface area contributed by atoms with Crippen molar-refractivity contribution in [1.82, 2.24) is 15.0 Å². The SMILES string of the molecule is Cc1cc(COC(=O)N(N2CCCC2)C(C)(C)C)cnc1Cl. The van der Waals surface area contributed by atoms with Gasteiger partial charge in [-0.05, 0) is 52.2 Å². The molecule has 122 valence electrons. The first-order valence-electron chi connectivity index (χ1n) is 7.62. The van der Waals surface area contributed by atoms with Gasteiger partial charge in [-0.2, -0.15) is 0 Å². The molecule has 0 atom stereocenters. The van der Waals surface area contributed by atoms with Crippen molar-refractivity contribution in [3.63, 3.8) is 0 Å². The standard InChI is InChI=1S/C16H24ClN3O2/c1-12-9-13(10-18-14(12)17)11-22-15(21)20(16(2,3)4)19-7-5-6-8-19/h9-10H,5-8,11H2,1-4H3. The number of hydrazine groups is 1. The zero-order chi connectivity index (χ0) is 16.3. The van der Waals surface area contributed by atoms with Crippen LogP contribution in [0.3, 0.4) is 0 Å². The maximum atomic E-state index is 12.5. The van der Waals surface area contributed by atoms with E-state index in [0.29, 0.717) is 5.15 Å². The molecular weight excluding hydrogens is 302 g/mol. The van der Waals surface area contributed by atoms with E-state index in [1.807, 2.05) is 33.8 Å². The van der Waals surface area contributed by atoms with Gasteiger partial charge >= 0.3 is 6.09 Å². The Morgan fingerprint density at radius 1 is 1.41 bits per heavy atom. The second-order valence-electron chi connectivity index (χ2n) is 6.65. The van der Waals surface area contributed by atoms with Crippen molar-refractivity contribution in [1.29, 1.82) is 0 Å². The Kier molecular flexibility index (Phi) is 5.29. The highest BCUT2D eigenvalue weighted by Crippen LogP contribution is 2.22. The number of pyridine rings is 1. The van der Waals surface area contributed by atoms with Gasteiger partial charge in [0, 0.05) is 24.8 Å². The molecule has 0 saturated carbocycles. The number of ether oxygens (including phenoxy) is 1. The minimum absolute atomic E-state index is 0.199. The summed E-state index contributed by atoms with van der Waals surface area (Å²) in [6.45, 7) is 9.92. The van der Waals surface area contributed by atoms with E-state index in [1.165, 1.54) is 0 Å². The van der Waals surface area contributed by atoms with Crippen LogP contribution in [0.1, 0.15) is 44.7 Å². The Bertz CT molecular complexity index is 537. The number of amides is 1. The number of rotatable bonds is 3. The number of halogens is 1. The molecule has 0 bridgehead atoms. The molecule has 0 spiro atoms. The van der Waals surface area contributed by atoms with Crippen molar-refractivity contribution in [3.05, 3.63) is 28.5 Å². The molecule has 22 heavy (non-hydrogen) atoms. The third kappa shape index (κ3) is 4.11. The molecule has 1 aromatic rings. The zero-order valence-electron chi connectivity index (χ0n) is 13.7. The fraction of sp³-hybridized carbons (Fsp3) is 0.625. The summed E-state index contributed by atoms with van der Waals surface area (Å²) in [6, 6.07) is 1.89. The number of aromatic nitrogens is 1. The predicted molar refractivity (Wildman–Crippen MR) is 86.6 cm³/mol. The molecular formula is C16H24ClN3O2. The number of carbonyl (C=O) groups is 1. The first-order valence-corrected chi connectivity index (χ1v) is 7.99. The molecule has 1 aliphatic heterocycles. The lowest BCUT2D eigenvalue weighted by Crippen LogP contribution is -2.55. The maximum Gasteiger partial charge on any atom is 0.425 e. The smallest absolute Gasteiger partial charge is 0.425 e. The van der Waals surface area contributed by atoms with Gasteiger partial charge in [0.1, 0.15) is 11.8 Å². The van der Waals surface area contributed by atoms with Gasteiger partial charge in [0.2, 0.25) is 0 Å². The van der Waals surface area contributed by atoms with Crippen LogP contribution in [0.2, 0.25) is 5.15 Å². The first-order chi connectivity index (χ1) is 10.3. The van der Waals surface area contributed by atoms with E-state index in [1.54, 1.807) is 11.2 Å². The summed E-state index contributed by atoms with van der Waals surface area (Å²) in [7, 11) is 0. The Balaban J connectivity index is 2.03. The summed E-state index contributed by atoms with van der Waals surface area (Å²) >= 11 is 5.91. The Hall–Kier alpha value is -1.33. The van der Waals surface area contributed by atoms with Gasteiger partial charge in [0.15, 0.2) is 0 Å². The summed E-state index contributed by atoms with van der Waals surface area (Å²) in [5.74, 6) is 0. The molecule has 1 fully saturated rings. The van der Waals surface area contributed by atoms with Crippen molar-refractivity contribution < 1.29 is 9.53 Å². The molecule has 0 aliphatic carbocycles. The normalized spacial score (nSPS) is 15.9. The number of aryl methyl sites for hydroxylation is 1. The molecule has 5 nitrogen and oxygen atoms in total. The second kappa shape index (κ2) is 6.84. The lowest BCUT2D eigenvalue weighted by Gasteiger charge is -2.40. The van der Waals surface area contributed by atoms with Crippen LogP contribution >= 0.6 is 11.6 Å². The van der Waals surface area contributed by atoms with Crippen molar-refractivity contribution in [2.24, 2.45) is 0 Å². The van der Waals surface area contributed by atoms with Crippen molar-refractivity contribution in [3.8, 4) is 0 Å². The van der Waals surface area contributed by atoms with Crippen LogP contribution in [0, 0.1) is 6.92 Å². The van der Waals surface area contributed by atoms with E-state index < -0.39 is 0 Å². The zero-order valence-corrected chi connectivity index (χ0v) is 14.5. The fourth-order valence-corrected chi connectivity index (χ4v) is 2.72. The predicted octanol–water partition coefficient (Wildman–Crippen LogP) is 3.79. The average molecular weight is 326 g/mol. The summed E-state index contributed by atoms with van der Waals surface area (Å²) in [6.07, 6.45) is 3.54. The van der Waals surface area contributed by atoms with Crippen molar-refractivity contribution in [2.45, 2.75) is 52.7 Å². The number of nitrogens with zero attached hydrogens (tertiary/aromatic N) is 3. The summed E-state index contributed by atoms with van der Waals surface area (Å²) in [5, 5.41) is 4.28. The summed E-state index contributed by atoms with van der Waals surface area (Å²) < 4.78 is 5.49. The van der Waals surface area contributed by atoms with Crippen LogP contribution < -0.4 is 0 Å². The molecule has 0 unspecified atom stereocenters. The Morgan fingerprint density at radius 2 is 2.05 bits per heavy atom. The van der Waals surface area contributed by atoms with Crippen LogP contribution in [-0.2, 0) is 11.3 Å². The van der Waals surface area contributed by atoms with E-state index in [4.69, 9.17) is 16.3 Å². The molecule has 0 aromatic carbocycles. The minimum atomic E-state index is -0.318. The highest BCUT2D eigenvalue weighted by molar-refractivity contribution is 6.30. The average Bonchev–Trinajstić information content (AvgIpc) is 2.92. The largest absolute Gasteiger partial charge is 0.444 e. The van der Waals surface area contributed by atoms with E-state index in [2.05, 4.69) is 9.99 Å². The highest BCUT2D eigenvalue weighted by atomic mass is 35.5. The molecule has 1 saturated heterocycles. The minimum Gasteiger partial charge on any atom is -0.444 e. The summed E-state index contributed by atoms with van der Waals surface area (Å²) in [5.41, 5.74) is 1.41. The maximum absolute atomic E-state index is 12.5. The number of hydrogen-bond donors (Lipinski definition) is 0. The lowest BCUT2D eigenvalue weighted by molar-refractivity contribution is -0.0632. The van der Waals surface area contributed by atoms with Crippen molar-refractivity contribution >= 4 is 17.7 Å². The second-order valence-corrected chi connectivity index (χ2v) is 7.01.